The molecule has 1 aromatic carbocycles. The highest BCUT2D eigenvalue weighted by molar-refractivity contribution is 7.98. The Labute approximate surface area is 114 Å². The first kappa shape index (κ1) is 11.8. The van der Waals surface area contributed by atoms with Crippen LogP contribution in [0.4, 0.5) is 4.39 Å². The highest BCUT2D eigenvalue weighted by Gasteiger charge is 2.22. The third kappa shape index (κ3) is 2.06. The molecular weight excluding hydrogens is 271 g/mol. The second kappa shape index (κ2) is 4.78. The van der Waals surface area contributed by atoms with Crippen molar-refractivity contribution in [1.82, 2.24) is 4.90 Å². The zero-order valence-electron chi connectivity index (χ0n) is 9.44. The Bertz CT molecular complexity index is 580. The van der Waals surface area contributed by atoms with E-state index in [2.05, 4.69) is 9.30 Å². The normalized spacial score (nSPS) is 18.2. The Hall–Kier alpha value is -1.26. The number of allylic oxidation sites excluding steroid dienone is 2. The molecule has 0 N–H and O–H groups in total. The molecule has 1 aromatic rings. The van der Waals surface area contributed by atoms with Crippen molar-refractivity contribution in [3.63, 3.8) is 0 Å². The van der Waals surface area contributed by atoms with Gasteiger partial charge in [-0.3, -0.25) is 0 Å². The minimum Gasteiger partial charge on any atom is -0.331 e. The van der Waals surface area contributed by atoms with Crippen LogP contribution in [0.15, 0.2) is 40.9 Å². The summed E-state index contributed by atoms with van der Waals surface area (Å²) in [5.74, 6) is 1.51. The van der Waals surface area contributed by atoms with E-state index in [1.807, 2.05) is 18.4 Å². The van der Waals surface area contributed by atoms with E-state index in [4.69, 9.17) is 11.6 Å². The lowest BCUT2D eigenvalue weighted by Crippen LogP contribution is -2.32. The maximum atomic E-state index is 13.4. The summed E-state index contributed by atoms with van der Waals surface area (Å²) in [5.41, 5.74) is 1.56. The molecule has 0 spiro atoms. The van der Waals surface area contributed by atoms with Crippen LogP contribution in [0.2, 0.25) is 5.02 Å². The van der Waals surface area contributed by atoms with Crippen molar-refractivity contribution < 1.29 is 4.39 Å². The summed E-state index contributed by atoms with van der Waals surface area (Å²) in [6, 6.07) is 4.39. The van der Waals surface area contributed by atoms with Crippen molar-refractivity contribution in [3.05, 3.63) is 53.0 Å². The number of rotatable bonds is 1. The fourth-order valence-electron chi connectivity index (χ4n) is 1.99. The van der Waals surface area contributed by atoms with E-state index in [0.29, 0.717) is 10.6 Å². The van der Waals surface area contributed by atoms with Gasteiger partial charge in [-0.15, -0.1) is 0 Å². The Morgan fingerprint density at radius 2 is 2.28 bits per heavy atom. The SMILES string of the molecule is Fc1ccc(Cl)c(C2=CC=CN3CCSN=C23)c1. The number of fused-ring (bicyclic) bond motifs is 1. The first-order valence-corrected chi connectivity index (χ1v) is 6.88. The molecule has 92 valence electrons. The predicted molar refractivity (Wildman–Crippen MR) is 75.1 cm³/mol. The minimum atomic E-state index is -0.291. The largest absolute Gasteiger partial charge is 0.331 e. The van der Waals surface area contributed by atoms with Gasteiger partial charge in [-0.25, -0.2) is 4.39 Å². The fourth-order valence-corrected chi connectivity index (χ4v) is 2.90. The highest BCUT2D eigenvalue weighted by Crippen LogP contribution is 2.31. The van der Waals surface area contributed by atoms with E-state index < -0.39 is 0 Å². The van der Waals surface area contributed by atoms with Crippen molar-refractivity contribution in [2.24, 2.45) is 4.40 Å². The van der Waals surface area contributed by atoms with Crippen LogP contribution in [0.5, 0.6) is 0 Å². The molecule has 0 amide bonds. The Morgan fingerprint density at radius 3 is 3.17 bits per heavy atom. The smallest absolute Gasteiger partial charge is 0.148 e. The molecule has 0 atom stereocenters. The van der Waals surface area contributed by atoms with Gasteiger partial charge in [-0.05, 0) is 42.3 Å². The average molecular weight is 281 g/mol. The van der Waals surface area contributed by atoms with Gasteiger partial charge in [0.2, 0.25) is 0 Å². The molecule has 2 nitrogen and oxygen atoms in total. The van der Waals surface area contributed by atoms with Crippen LogP contribution in [0.3, 0.4) is 0 Å². The van der Waals surface area contributed by atoms with Gasteiger partial charge in [0, 0.05) is 34.7 Å². The first-order chi connectivity index (χ1) is 8.75. The van der Waals surface area contributed by atoms with Gasteiger partial charge in [-0.2, -0.15) is 4.40 Å². The molecule has 0 saturated heterocycles. The molecule has 0 fully saturated rings. The molecule has 0 aliphatic carbocycles. The van der Waals surface area contributed by atoms with Gasteiger partial charge in [0.05, 0.1) is 0 Å². The average Bonchev–Trinajstić information content (AvgIpc) is 2.41. The summed E-state index contributed by atoms with van der Waals surface area (Å²) in [6.45, 7) is 0.907. The summed E-state index contributed by atoms with van der Waals surface area (Å²) in [5, 5.41) is 0.538. The van der Waals surface area contributed by atoms with Crippen LogP contribution in [0.1, 0.15) is 5.56 Å². The van der Waals surface area contributed by atoms with Gasteiger partial charge in [0.1, 0.15) is 11.7 Å². The van der Waals surface area contributed by atoms with Gasteiger partial charge in [0.25, 0.3) is 0 Å². The number of amidine groups is 1. The Kier molecular flexibility index (Phi) is 3.14. The van der Waals surface area contributed by atoms with E-state index in [1.165, 1.54) is 24.1 Å². The van der Waals surface area contributed by atoms with Crippen LogP contribution in [-0.4, -0.2) is 23.0 Å². The number of halogens is 2. The summed E-state index contributed by atoms with van der Waals surface area (Å²) in [6.07, 6.45) is 5.84. The summed E-state index contributed by atoms with van der Waals surface area (Å²) in [7, 11) is 0. The van der Waals surface area contributed by atoms with Crippen LogP contribution in [0.25, 0.3) is 5.57 Å². The lowest BCUT2D eigenvalue weighted by Gasteiger charge is -2.29. The monoisotopic (exact) mass is 280 g/mol. The van der Waals surface area contributed by atoms with Gasteiger partial charge in [0.15, 0.2) is 0 Å². The van der Waals surface area contributed by atoms with E-state index in [-0.39, 0.29) is 5.82 Å². The van der Waals surface area contributed by atoms with Crippen LogP contribution in [-0.2, 0) is 0 Å². The van der Waals surface area contributed by atoms with Gasteiger partial charge >= 0.3 is 0 Å². The van der Waals surface area contributed by atoms with Gasteiger partial charge < -0.3 is 4.90 Å². The molecule has 2 aliphatic rings. The van der Waals surface area contributed by atoms with Crippen molar-refractivity contribution in [3.8, 4) is 0 Å². The van der Waals surface area contributed by atoms with E-state index in [1.54, 1.807) is 6.07 Å². The maximum absolute atomic E-state index is 13.4. The van der Waals surface area contributed by atoms with Crippen LogP contribution in [0, 0.1) is 5.82 Å². The molecule has 0 unspecified atom stereocenters. The molecule has 0 saturated carbocycles. The van der Waals surface area contributed by atoms with Gasteiger partial charge in [-0.1, -0.05) is 11.6 Å². The minimum absolute atomic E-state index is 0.291. The third-order valence-corrected chi connectivity index (χ3v) is 3.83. The number of benzene rings is 1. The Balaban J connectivity index is 2.10. The van der Waals surface area contributed by atoms with E-state index in [9.17, 15) is 4.39 Å². The predicted octanol–water partition coefficient (Wildman–Crippen LogP) is 3.75. The quantitative estimate of drug-likeness (QED) is 0.728. The number of nitrogens with zero attached hydrogens (tertiary/aromatic N) is 2. The molecule has 0 bridgehead atoms. The molecule has 2 heterocycles. The molecule has 0 aromatic heterocycles. The van der Waals surface area contributed by atoms with E-state index >= 15 is 0 Å². The van der Waals surface area contributed by atoms with Crippen molar-refractivity contribution in [2.45, 2.75) is 0 Å². The molecule has 18 heavy (non-hydrogen) atoms. The lowest BCUT2D eigenvalue weighted by molar-refractivity contribution is 0.593. The zero-order chi connectivity index (χ0) is 12.5. The third-order valence-electron chi connectivity index (χ3n) is 2.83. The summed E-state index contributed by atoms with van der Waals surface area (Å²) < 4.78 is 17.8. The van der Waals surface area contributed by atoms with E-state index in [0.717, 1.165) is 23.7 Å². The number of hydrogen-bond donors (Lipinski definition) is 0. The second-order valence-corrected chi connectivity index (χ2v) is 5.24. The lowest BCUT2D eigenvalue weighted by atomic mass is 10.0. The standard InChI is InChI=1S/C13H10ClFN2S/c14-12-4-3-9(15)8-11(12)10-2-1-5-17-6-7-18-16-13(10)17/h1-5,8H,6-7H2. The maximum Gasteiger partial charge on any atom is 0.148 e. The fraction of sp³-hybridized carbons (Fsp3) is 0.154. The molecule has 2 aliphatic heterocycles. The van der Waals surface area contributed by atoms with Crippen LogP contribution < -0.4 is 0 Å². The van der Waals surface area contributed by atoms with Crippen molar-refractivity contribution in [1.29, 1.82) is 0 Å². The number of hydrogen-bond acceptors (Lipinski definition) is 3. The van der Waals surface area contributed by atoms with Crippen molar-refractivity contribution >= 4 is 35.0 Å². The topological polar surface area (TPSA) is 15.6 Å². The highest BCUT2D eigenvalue weighted by atomic mass is 35.5. The van der Waals surface area contributed by atoms with Crippen LogP contribution >= 0.6 is 23.5 Å². The summed E-state index contributed by atoms with van der Waals surface area (Å²) >= 11 is 7.67. The Morgan fingerprint density at radius 1 is 1.39 bits per heavy atom. The molecule has 3 rings (SSSR count). The molecular formula is C13H10ClFN2S. The zero-order valence-corrected chi connectivity index (χ0v) is 11.0. The first-order valence-electron chi connectivity index (χ1n) is 5.56. The summed E-state index contributed by atoms with van der Waals surface area (Å²) in [4.78, 5) is 2.06. The molecule has 5 heteroatoms. The molecule has 0 radical (unpaired) electrons. The second-order valence-electron chi connectivity index (χ2n) is 3.99. The van der Waals surface area contributed by atoms with Crippen molar-refractivity contribution in [2.75, 3.05) is 12.3 Å².